The summed E-state index contributed by atoms with van der Waals surface area (Å²) in [7, 11) is 0. The summed E-state index contributed by atoms with van der Waals surface area (Å²) in [5.41, 5.74) is 0. The molecule has 0 spiro atoms. The predicted molar refractivity (Wildman–Crippen MR) is 86.7 cm³/mol. The van der Waals surface area contributed by atoms with Crippen LogP contribution in [-0.4, -0.2) is 73.2 Å². The monoisotopic (exact) mass is 359 g/mol. The molecule has 0 saturated carbocycles. The summed E-state index contributed by atoms with van der Waals surface area (Å²) in [6.45, 7) is 8.17. The molecular weight excluding hydrogens is 338 g/mol. The molecule has 1 aliphatic heterocycles. The molecule has 1 aromatic rings. The van der Waals surface area contributed by atoms with Crippen LogP contribution in [-0.2, 0) is 15.5 Å². The van der Waals surface area contributed by atoms with Gasteiger partial charge in [0.15, 0.2) is 5.82 Å². The molecular formula is C13H21N5O5S. The Morgan fingerprint density at radius 3 is 2.62 bits per heavy atom. The van der Waals surface area contributed by atoms with Gasteiger partial charge in [0, 0.05) is 45.0 Å². The van der Waals surface area contributed by atoms with Crippen LogP contribution in [0.3, 0.4) is 0 Å². The summed E-state index contributed by atoms with van der Waals surface area (Å²) in [6, 6.07) is 1.11. The average Bonchev–Trinajstić information content (AvgIpc) is 2.94. The van der Waals surface area contributed by atoms with Crippen molar-refractivity contribution < 1.29 is 22.5 Å². The maximum Gasteiger partial charge on any atom is 0.428 e. The second-order valence-corrected chi connectivity index (χ2v) is 6.42. The van der Waals surface area contributed by atoms with Crippen LogP contribution in [0.1, 0.15) is 13.8 Å². The van der Waals surface area contributed by atoms with Gasteiger partial charge in [-0.05, 0) is 5.92 Å². The van der Waals surface area contributed by atoms with Crippen molar-refractivity contribution in [1.82, 2.24) is 19.6 Å². The van der Waals surface area contributed by atoms with Crippen LogP contribution in [0.5, 0.6) is 0 Å². The summed E-state index contributed by atoms with van der Waals surface area (Å²) in [6.07, 6.45) is 0.282. The van der Waals surface area contributed by atoms with E-state index in [-0.39, 0.29) is 11.8 Å². The first-order valence-corrected chi connectivity index (χ1v) is 8.56. The Bertz CT molecular complexity index is 612. The quantitative estimate of drug-likeness (QED) is 0.764. The third kappa shape index (κ3) is 5.28. The first-order valence-electron chi connectivity index (χ1n) is 7.52. The molecule has 24 heavy (non-hydrogen) atoms. The van der Waals surface area contributed by atoms with Gasteiger partial charge in [0.1, 0.15) is 0 Å². The zero-order chi connectivity index (χ0) is 17.7. The van der Waals surface area contributed by atoms with Crippen LogP contribution in [0.25, 0.3) is 0 Å². The van der Waals surface area contributed by atoms with Gasteiger partial charge >= 0.3 is 23.5 Å². The van der Waals surface area contributed by atoms with E-state index in [4.69, 9.17) is 4.55 Å². The molecule has 1 atom stereocenters. The lowest BCUT2D eigenvalue weighted by molar-refractivity contribution is 0.130. The maximum atomic E-state index is 12.4. The molecule has 11 heteroatoms. The fourth-order valence-corrected chi connectivity index (χ4v) is 2.64. The second-order valence-electron chi connectivity index (χ2n) is 5.82. The van der Waals surface area contributed by atoms with Crippen molar-refractivity contribution in [3.05, 3.63) is 12.3 Å². The Morgan fingerprint density at radius 2 is 2.04 bits per heavy atom. The van der Waals surface area contributed by atoms with E-state index in [1.807, 2.05) is 0 Å². The number of nitrogens with zero attached hydrogens (tertiary/aromatic N) is 4. The van der Waals surface area contributed by atoms with Gasteiger partial charge in [-0.3, -0.25) is 14.8 Å². The minimum atomic E-state index is -2.71. The van der Waals surface area contributed by atoms with E-state index in [1.165, 1.54) is 12.3 Å². The normalized spacial score (nSPS) is 16.9. The summed E-state index contributed by atoms with van der Waals surface area (Å²) in [5, 5.41) is 6.07. The number of anilines is 1. The number of carbonyl (C=O) groups excluding carboxylic acids is 2. The van der Waals surface area contributed by atoms with Crippen molar-refractivity contribution >= 4 is 29.3 Å². The largest absolute Gasteiger partial charge is 0.428 e. The van der Waals surface area contributed by atoms with Gasteiger partial charge < -0.3 is 9.08 Å². The summed E-state index contributed by atoms with van der Waals surface area (Å²) in [5.74, 6) is 0.636. The third-order valence-electron chi connectivity index (χ3n) is 3.43. The van der Waals surface area contributed by atoms with Crippen molar-refractivity contribution in [2.24, 2.45) is 5.92 Å². The highest BCUT2D eigenvalue weighted by Gasteiger charge is 2.23. The number of hydrogen-bond acceptors (Lipinski definition) is 6. The van der Waals surface area contributed by atoms with Crippen LogP contribution in [0, 0.1) is 5.92 Å². The molecule has 1 aliphatic rings. The lowest BCUT2D eigenvalue weighted by atomic mass is 10.2. The molecule has 2 amide bonds. The Labute approximate surface area is 142 Å². The molecule has 10 nitrogen and oxygen atoms in total. The highest BCUT2D eigenvalue weighted by Crippen LogP contribution is 2.09. The Morgan fingerprint density at radius 1 is 1.38 bits per heavy atom. The lowest BCUT2D eigenvalue weighted by Crippen LogP contribution is -2.50. The standard InChI is InChI=1S/C13H21N5O5S/c1-10(2)9-16-5-7-17(8-6-16)13(20)18-4-3-11(15-18)14-12(19)23-24(21)22/h3-4,10H,5-9H2,1-2H3,(H,21,22)(H,14,15,19). The van der Waals surface area contributed by atoms with E-state index < -0.39 is 17.5 Å². The van der Waals surface area contributed by atoms with Crippen LogP contribution in [0.4, 0.5) is 15.4 Å². The molecule has 0 bridgehead atoms. The lowest BCUT2D eigenvalue weighted by Gasteiger charge is -2.35. The van der Waals surface area contributed by atoms with E-state index in [1.54, 1.807) is 4.90 Å². The number of piperazine rings is 1. The van der Waals surface area contributed by atoms with E-state index in [2.05, 4.69) is 33.3 Å². The van der Waals surface area contributed by atoms with Gasteiger partial charge in [0.05, 0.1) is 0 Å². The van der Waals surface area contributed by atoms with Crippen LogP contribution in [0.2, 0.25) is 0 Å². The molecule has 0 radical (unpaired) electrons. The molecule has 2 heterocycles. The van der Waals surface area contributed by atoms with Gasteiger partial charge in [-0.1, -0.05) is 13.8 Å². The number of carbonyl (C=O) groups is 2. The smallest absolute Gasteiger partial charge is 0.325 e. The van der Waals surface area contributed by atoms with E-state index in [0.717, 1.165) is 24.3 Å². The fraction of sp³-hybridized carbons (Fsp3) is 0.615. The van der Waals surface area contributed by atoms with Crippen molar-refractivity contribution in [2.75, 3.05) is 38.0 Å². The maximum absolute atomic E-state index is 12.4. The summed E-state index contributed by atoms with van der Waals surface area (Å²) < 4.78 is 23.9. The van der Waals surface area contributed by atoms with Gasteiger partial charge in [-0.15, -0.1) is 5.10 Å². The minimum Gasteiger partial charge on any atom is -0.325 e. The average molecular weight is 359 g/mol. The number of rotatable bonds is 4. The van der Waals surface area contributed by atoms with Gasteiger partial charge in [0.25, 0.3) is 0 Å². The first kappa shape index (κ1) is 18.4. The Balaban J connectivity index is 1.87. The van der Waals surface area contributed by atoms with Crippen molar-refractivity contribution in [1.29, 1.82) is 0 Å². The third-order valence-corrected chi connectivity index (χ3v) is 3.72. The minimum absolute atomic E-state index is 0.0530. The number of amides is 2. The molecule has 1 fully saturated rings. The van der Waals surface area contributed by atoms with Crippen molar-refractivity contribution in [3.8, 4) is 0 Å². The zero-order valence-electron chi connectivity index (χ0n) is 13.5. The summed E-state index contributed by atoms with van der Waals surface area (Å²) >= 11 is -2.71. The van der Waals surface area contributed by atoms with Crippen LogP contribution in [0.15, 0.2) is 12.3 Å². The van der Waals surface area contributed by atoms with Crippen molar-refractivity contribution in [2.45, 2.75) is 13.8 Å². The fourth-order valence-electron chi connectivity index (χ4n) is 2.47. The van der Waals surface area contributed by atoms with Crippen LogP contribution < -0.4 is 5.32 Å². The highest BCUT2D eigenvalue weighted by molar-refractivity contribution is 7.74. The number of nitrogens with one attached hydrogen (secondary N) is 1. The van der Waals surface area contributed by atoms with Crippen LogP contribution >= 0.6 is 0 Å². The second kappa shape index (κ2) is 8.22. The van der Waals surface area contributed by atoms with Crippen molar-refractivity contribution in [3.63, 3.8) is 0 Å². The highest BCUT2D eigenvalue weighted by atomic mass is 32.2. The van der Waals surface area contributed by atoms with E-state index in [0.29, 0.717) is 19.0 Å². The Kier molecular flexibility index (Phi) is 6.29. The molecule has 2 N–H and O–H groups in total. The first-order chi connectivity index (χ1) is 11.3. The topological polar surface area (TPSA) is 117 Å². The number of aromatic nitrogens is 2. The number of hydrogen-bond donors (Lipinski definition) is 2. The predicted octanol–water partition coefficient (Wildman–Crippen LogP) is 0.810. The van der Waals surface area contributed by atoms with Gasteiger partial charge in [-0.2, -0.15) is 8.89 Å². The molecule has 1 saturated heterocycles. The molecule has 1 aromatic heterocycles. The van der Waals surface area contributed by atoms with E-state index >= 15 is 0 Å². The molecule has 0 aliphatic carbocycles. The van der Waals surface area contributed by atoms with E-state index in [9.17, 15) is 13.8 Å². The molecule has 1 unspecified atom stereocenters. The SMILES string of the molecule is CC(C)CN1CCN(C(=O)n2ccc(NC(=O)OS(=O)O)n2)CC1. The summed E-state index contributed by atoms with van der Waals surface area (Å²) in [4.78, 5) is 27.6. The zero-order valence-corrected chi connectivity index (χ0v) is 14.4. The van der Waals surface area contributed by atoms with Gasteiger partial charge in [-0.25, -0.2) is 9.59 Å². The van der Waals surface area contributed by atoms with Gasteiger partial charge in [0.2, 0.25) is 0 Å². The molecule has 2 rings (SSSR count). The Hall–Kier alpha value is -1.98. The molecule has 0 aromatic carbocycles. The molecule has 134 valence electrons.